The van der Waals surface area contributed by atoms with Crippen molar-refractivity contribution in [1.29, 1.82) is 0 Å². The summed E-state index contributed by atoms with van der Waals surface area (Å²) in [6.45, 7) is 1.12. The lowest BCUT2D eigenvalue weighted by Gasteiger charge is -2.08. The van der Waals surface area contributed by atoms with Crippen molar-refractivity contribution in [3.05, 3.63) is 35.5 Å². The van der Waals surface area contributed by atoms with Gasteiger partial charge in [0.1, 0.15) is 0 Å². The van der Waals surface area contributed by atoms with Gasteiger partial charge in [-0.1, -0.05) is 11.2 Å². The van der Waals surface area contributed by atoms with Gasteiger partial charge in [-0.25, -0.2) is 0 Å². The van der Waals surface area contributed by atoms with Crippen LogP contribution < -0.4 is 14.8 Å². The maximum atomic E-state index is 5.35. The number of hydrogen-bond acceptors (Lipinski definition) is 6. The smallest absolute Gasteiger partial charge is 0.226 e. The Balaban J connectivity index is 1.59. The zero-order chi connectivity index (χ0) is 16.1. The molecule has 1 fully saturated rings. The lowest BCUT2D eigenvalue weighted by atomic mass is 10.1. The second-order valence-electron chi connectivity index (χ2n) is 5.80. The maximum Gasteiger partial charge on any atom is 0.226 e. The monoisotopic (exact) mass is 317 g/mol. The average Bonchev–Trinajstić information content (AvgIpc) is 3.24. The number of ether oxygens (including phenoxy) is 2. The summed E-state index contributed by atoms with van der Waals surface area (Å²) in [7, 11) is 3.26. The fourth-order valence-electron chi connectivity index (χ4n) is 2.94. The van der Waals surface area contributed by atoms with E-state index < -0.39 is 0 Å². The molecule has 0 radical (unpaired) electrons. The van der Waals surface area contributed by atoms with E-state index in [1.54, 1.807) is 14.2 Å². The summed E-state index contributed by atoms with van der Waals surface area (Å²) in [6, 6.07) is 6.41. The highest BCUT2D eigenvalue weighted by atomic mass is 16.5. The molecule has 23 heavy (non-hydrogen) atoms. The molecule has 124 valence electrons. The third kappa shape index (κ3) is 4.01. The topological polar surface area (TPSA) is 69.4 Å². The first kappa shape index (κ1) is 15.8. The minimum absolute atomic E-state index is 0.594. The van der Waals surface area contributed by atoms with Crippen molar-refractivity contribution in [3.8, 4) is 11.5 Å². The molecule has 3 rings (SSSR count). The summed E-state index contributed by atoms with van der Waals surface area (Å²) in [4.78, 5) is 4.49. The molecule has 0 saturated carbocycles. The molecule has 0 spiro atoms. The van der Waals surface area contributed by atoms with Crippen molar-refractivity contribution in [3.63, 3.8) is 0 Å². The van der Waals surface area contributed by atoms with E-state index in [9.17, 15) is 0 Å². The van der Waals surface area contributed by atoms with Crippen LogP contribution in [0.4, 0.5) is 0 Å². The molecule has 0 aliphatic carbocycles. The Labute approximate surface area is 136 Å². The molecule has 1 unspecified atom stereocenters. The summed E-state index contributed by atoms with van der Waals surface area (Å²) in [5.74, 6) is 2.84. The Morgan fingerprint density at radius 3 is 2.87 bits per heavy atom. The number of aryl methyl sites for hydroxylation is 1. The molecule has 1 aliphatic heterocycles. The molecule has 0 amide bonds. The molecule has 1 aromatic heterocycles. The van der Waals surface area contributed by atoms with E-state index in [4.69, 9.17) is 14.0 Å². The van der Waals surface area contributed by atoms with Gasteiger partial charge in [-0.05, 0) is 43.5 Å². The van der Waals surface area contributed by atoms with E-state index in [0.717, 1.165) is 24.9 Å². The van der Waals surface area contributed by atoms with Gasteiger partial charge in [0.05, 0.1) is 14.2 Å². The van der Waals surface area contributed by atoms with Crippen LogP contribution in [-0.2, 0) is 12.8 Å². The molecule has 2 heterocycles. The van der Waals surface area contributed by atoms with Crippen LogP contribution in [0.2, 0.25) is 0 Å². The highest BCUT2D eigenvalue weighted by Crippen LogP contribution is 2.28. The van der Waals surface area contributed by atoms with Gasteiger partial charge in [0.15, 0.2) is 17.3 Å². The van der Waals surface area contributed by atoms with Crippen molar-refractivity contribution >= 4 is 0 Å². The Morgan fingerprint density at radius 1 is 1.26 bits per heavy atom. The number of aromatic nitrogens is 2. The fourth-order valence-corrected chi connectivity index (χ4v) is 2.94. The van der Waals surface area contributed by atoms with Crippen molar-refractivity contribution in [2.24, 2.45) is 0 Å². The SMILES string of the molecule is COc1ccc(Cc2noc(CCC3CCCN3)n2)cc1OC. The van der Waals surface area contributed by atoms with Crippen LogP contribution in [-0.4, -0.2) is 36.9 Å². The first-order chi connectivity index (χ1) is 11.3. The van der Waals surface area contributed by atoms with Gasteiger partial charge < -0.3 is 19.3 Å². The Hall–Kier alpha value is -2.08. The number of rotatable bonds is 7. The van der Waals surface area contributed by atoms with Gasteiger partial charge in [0.25, 0.3) is 0 Å². The lowest BCUT2D eigenvalue weighted by molar-refractivity contribution is 0.354. The van der Waals surface area contributed by atoms with Gasteiger partial charge >= 0.3 is 0 Å². The van der Waals surface area contributed by atoms with E-state index >= 15 is 0 Å². The van der Waals surface area contributed by atoms with E-state index in [-0.39, 0.29) is 0 Å². The highest BCUT2D eigenvalue weighted by Gasteiger charge is 2.16. The number of benzene rings is 1. The molecule has 1 aromatic carbocycles. The van der Waals surface area contributed by atoms with Crippen molar-refractivity contribution in [2.75, 3.05) is 20.8 Å². The van der Waals surface area contributed by atoms with Crippen LogP contribution in [0.1, 0.15) is 36.5 Å². The quantitative estimate of drug-likeness (QED) is 0.845. The summed E-state index contributed by atoms with van der Waals surface area (Å²) < 4.78 is 15.9. The number of nitrogens with one attached hydrogen (secondary N) is 1. The number of nitrogens with zero attached hydrogens (tertiary/aromatic N) is 2. The third-order valence-electron chi connectivity index (χ3n) is 4.19. The minimum atomic E-state index is 0.594. The molecule has 6 heteroatoms. The fraction of sp³-hybridized carbons (Fsp3) is 0.529. The summed E-state index contributed by atoms with van der Waals surface area (Å²) >= 11 is 0. The molecule has 1 saturated heterocycles. The average molecular weight is 317 g/mol. The highest BCUT2D eigenvalue weighted by molar-refractivity contribution is 5.43. The van der Waals surface area contributed by atoms with Crippen LogP contribution in [0.15, 0.2) is 22.7 Å². The van der Waals surface area contributed by atoms with E-state index in [1.807, 2.05) is 18.2 Å². The molecule has 0 bridgehead atoms. The normalized spacial score (nSPS) is 17.4. The molecule has 2 aromatic rings. The Bertz CT molecular complexity index is 636. The molecule has 1 aliphatic rings. The molecule has 6 nitrogen and oxygen atoms in total. The molecule has 1 atom stereocenters. The first-order valence-electron chi connectivity index (χ1n) is 8.04. The zero-order valence-electron chi connectivity index (χ0n) is 13.7. The van der Waals surface area contributed by atoms with Gasteiger partial charge in [-0.2, -0.15) is 4.98 Å². The van der Waals surface area contributed by atoms with Crippen LogP contribution >= 0.6 is 0 Å². The van der Waals surface area contributed by atoms with Crippen molar-refractivity contribution in [1.82, 2.24) is 15.5 Å². The van der Waals surface area contributed by atoms with E-state index in [0.29, 0.717) is 35.7 Å². The molecule has 1 N–H and O–H groups in total. The predicted molar refractivity (Wildman–Crippen MR) is 86.0 cm³/mol. The van der Waals surface area contributed by atoms with Crippen molar-refractivity contribution < 1.29 is 14.0 Å². The van der Waals surface area contributed by atoms with Crippen molar-refractivity contribution in [2.45, 2.75) is 38.1 Å². The predicted octanol–water partition coefficient (Wildman–Crippen LogP) is 2.36. The standard InChI is InChI=1S/C17H23N3O3/c1-21-14-7-5-12(10-15(14)22-2)11-16-19-17(23-20-16)8-6-13-4-3-9-18-13/h5,7,10,13,18H,3-4,6,8-9,11H2,1-2H3. The van der Waals surface area contributed by atoms with E-state index in [2.05, 4.69) is 15.5 Å². The Morgan fingerprint density at radius 2 is 2.13 bits per heavy atom. The van der Waals surface area contributed by atoms with Crippen LogP contribution in [0.3, 0.4) is 0 Å². The maximum absolute atomic E-state index is 5.35. The zero-order valence-corrected chi connectivity index (χ0v) is 13.7. The van der Waals surface area contributed by atoms with Crippen LogP contribution in [0.25, 0.3) is 0 Å². The minimum Gasteiger partial charge on any atom is -0.493 e. The second-order valence-corrected chi connectivity index (χ2v) is 5.80. The number of methoxy groups -OCH3 is 2. The van der Waals surface area contributed by atoms with Gasteiger partial charge in [0.2, 0.25) is 5.89 Å². The number of hydrogen-bond donors (Lipinski definition) is 1. The molecular formula is C17H23N3O3. The van der Waals surface area contributed by atoms with Crippen LogP contribution in [0.5, 0.6) is 11.5 Å². The summed E-state index contributed by atoms with van der Waals surface area (Å²) in [5.41, 5.74) is 1.06. The van der Waals surface area contributed by atoms with Gasteiger partial charge in [0, 0.05) is 18.9 Å². The van der Waals surface area contributed by atoms with Gasteiger partial charge in [-0.15, -0.1) is 0 Å². The van der Waals surface area contributed by atoms with Gasteiger partial charge in [-0.3, -0.25) is 0 Å². The first-order valence-corrected chi connectivity index (χ1v) is 8.04. The Kier molecular flexibility index (Phi) is 5.12. The lowest BCUT2D eigenvalue weighted by Crippen LogP contribution is -2.21. The summed E-state index contributed by atoms with van der Waals surface area (Å²) in [6.07, 6.45) is 5.01. The largest absolute Gasteiger partial charge is 0.493 e. The van der Waals surface area contributed by atoms with Crippen LogP contribution in [0, 0.1) is 0 Å². The molecular weight excluding hydrogens is 294 g/mol. The third-order valence-corrected chi connectivity index (χ3v) is 4.19. The van der Waals surface area contributed by atoms with E-state index in [1.165, 1.54) is 12.8 Å². The second kappa shape index (κ2) is 7.46. The summed E-state index contributed by atoms with van der Waals surface area (Å²) in [5, 5.41) is 7.56.